The molecule has 0 aromatic rings. The van der Waals surface area contributed by atoms with Crippen LogP contribution in [0.4, 0.5) is 0 Å². The number of nitrogens with two attached hydrogens (primary N) is 2. The lowest BCUT2D eigenvalue weighted by molar-refractivity contribution is 0.578. The molecule has 0 aromatic heterocycles. The Morgan fingerprint density at radius 3 is 1.50 bits per heavy atom. The molecule has 6 nitrogen and oxygen atoms in total. The highest BCUT2D eigenvalue weighted by Crippen LogP contribution is 2.06. The van der Waals surface area contributed by atoms with Crippen molar-refractivity contribution in [3.8, 4) is 0 Å². The van der Waals surface area contributed by atoms with Crippen molar-refractivity contribution in [3.05, 3.63) is 0 Å². The van der Waals surface area contributed by atoms with Crippen LogP contribution in [0.2, 0.25) is 0 Å². The summed E-state index contributed by atoms with van der Waals surface area (Å²) in [5, 5.41) is 22.4. The fourth-order valence-electron chi connectivity index (χ4n) is 1.07. The van der Waals surface area contributed by atoms with Crippen molar-refractivity contribution in [1.82, 2.24) is 0 Å². The molecule has 16 heavy (non-hydrogen) atoms. The smallest absolute Gasteiger partial charge is 0.0906 e. The maximum Gasteiger partial charge on any atom is 0.0906 e. The Morgan fingerprint density at radius 1 is 0.938 bits per heavy atom. The fraction of sp³-hybridized carbons (Fsp3) is 0.800. The molecule has 2 atom stereocenters. The average Bonchev–Trinajstić information content (AvgIpc) is 2.20. The van der Waals surface area contributed by atoms with Crippen molar-refractivity contribution in [2.75, 3.05) is 0 Å². The minimum absolute atomic E-state index is 0.0867. The molecule has 6 heteroatoms. The van der Waals surface area contributed by atoms with Crippen LogP contribution in [0.5, 0.6) is 0 Å². The number of nitrogens with zero attached hydrogens (tertiary/aromatic N) is 2. The largest absolute Gasteiger partial charge is 0.388 e. The average molecular weight is 226 g/mol. The quantitative estimate of drug-likeness (QED) is 0.285. The number of hydrogen-bond donors (Lipinski definition) is 4. The number of azo groups is 1. The van der Waals surface area contributed by atoms with E-state index in [0.29, 0.717) is 12.8 Å². The second kappa shape index (κ2) is 7.78. The van der Waals surface area contributed by atoms with Crippen LogP contribution >= 0.6 is 0 Å². The molecule has 92 valence electrons. The van der Waals surface area contributed by atoms with Gasteiger partial charge in [-0.1, -0.05) is 0 Å². The van der Waals surface area contributed by atoms with Crippen molar-refractivity contribution in [2.45, 2.75) is 51.6 Å². The van der Waals surface area contributed by atoms with Gasteiger partial charge in [0.25, 0.3) is 0 Å². The van der Waals surface area contributed by atoms with Gasteiger partial charge in [0.2, 0.25) is 0 Å². The zero-order chi connectivity index (χ0) is 12.6. The van der Waals surface area contributed by atoms with Gasteiger partial charge in [-0.05, 0) is 26.7 Å². The number of amidine groups is 2. The first-order chi connectivity index (χ1) is 7.41. The van der Waals surface area contributed by atoms with E-state index in [1.54, 1.807) is 0 Å². The topological polar surface area (TPSA) is 124 Å². The highest BCUT2D eigenvalue weighted by Gasteiger charge is 2.03. The molecular formula is C10H22N6. The van der Waals surface area contributed by atoms with E-state index in [9.17, 15) is 0 Å². The Hall–Kier alpha value is -1.46. The van der Waals surface area contributed by atoms with Crippen LogP contribution in [0.1, 0.15) is 39.5 Å². The molecule has 0 aliphatic carbocycles. The standard InChI is InChI=1S/C10H22N6/c1-7(3-5-9(11)12)15-16-8(2)4-6-10(13)14/h7-8H,3-6H2,1-2H3,(H3,11,12)(H3,13,14). The molecule has 0 rings (SSSR count). The van der Waals surface area contributed by atoms with Gasteiger partial charge in [0.05, 0.1) is 23.8 Å². The van der Waals surface area contributed by atoms with Crippen LogP contribution in [0.15, 0.2) is 10.2 Å². The van der Waals surface area contributed by atoms with Gasteiger partial charge in [0, 0.05) is 12.8 Å². The molecule has 0 heterocycles. The van der Waals surface area contributed by atoms with Crippen LogP contribution in [-0.2, 0) is 0 Å². The maximum absolute atomic E-state index is 7.09. The van der Waals surface area contributed by atoms with Gasteiger partial charge in [-0.2, -0.15) is 10.2 Å². The summed E-state index contributed by atoms with van der Waals surface area (Å²) in [6, 6.07) is 0.173. The van der Waals surface area contributed by atoms with Gasteiger partial charge >= 0.3 is 0 Å². The van der Waals surface area contributed by atoms with E-state index in [4.69, 9.17) is 22.3 Å². The van der Waals surface area contributed by atoms with E-state index in [-0.39, 0.29) is 23.8 Å². The summed E-state index contributed by atoms with van der Waals surface area (Å²) in [6.07, 6.45) is 2.61. The van der Waals surface area contributed by atoms with Crippen molar-refractivity contribution in [3.63, 3.8) is 0 Å². The van der Waals surface area contributed by atoms with Crippen LogP contribution in [0.25, 0.3) is 0 Å². The zero-order valence-corrected chi connectivity index (χ0v) is 10.0. The molecule has 0 spiro atoms. The minimum atomic E-state index is 0.0867. The van der Waals surface area contributed by atoms with E-state index < -0.39 is 0 Å². The number of nitrogens with one attached hydrogen (secondary N) is 2. The zero-order valence-electron chi connectivity index (χ0n) is 10.0. The normalized spacial score (nSPS) is 14.9. The highest BCUT2D eigenvalue weighted by molar-refractivity contribution is 5.77. The Kier molecular flexibility index (Phi) is 7.07. The molecule has 0 amide bonds. The maximum atomic E-state index is 7.09. The summed E-state index contributed by atoms with van der Waals surface area (Å²) in [4.78, 5) is 0. The summed E-state index contributed by atoms with van der Waals surface area (Å²) in [5.41, 5.74) is 10.5. The molecule has 0 aromatic carbocycles. The first kappa shape index (κ1) is 14.5. The SMILES string of the molecule is CC(CCC(=N)N)N=NC(C)CCC(=N)N. The van der Waals surface area contributed by atoms with E-state index >= 15 is 0 Å². The first-order valence-corrected chi connectivity index (χ1v) is 5.47. The molecule has 0 radical (unpaired) electrons. The van der Waals surface area contributed by atoms with Gasteiger partial charge < -0.3 is 11.5 Å². The van der Waals surface area contributed by atoms with E-state index in [2.05, 4.69) is 10.2 Å². The first-order valence-electron chi connectivity index (χ1n) is 5.47. The second-order valence-electron chi connectivity index (χ2n) is 4.06. The number of rotatable bonds is 8. The van der Waals surface area contributed by atoms with Crippen molar-refractivity contribution in [1.29, 1.82) is 10.8 Å². The fourth-order valence-corrected chi connectivity index (χ4v) is 1.07. The van der Waals surface area contributed by atoms with Crippen molar-refractivity contribution < 1.29 is 0 Å². The molecule has 0 aliphatic rings. The van der Waals surface area contributed by atoms with Crippen LogP contribution in [0.3, 0.4) is 0 Å². The molecule has 0 aliphatic heterocycles. The van der Waals surface area contributed by atoms with E-state index in [1.165, 1.54) is 0 Å². The van der Waals surface area contributed by atoms with Crippen LogP contribution in [0, 0.1) is 10.8 Å². The summed E-state index contributed by atoms with van der Waals surface area (Å²) in [6.45, 7) is 3.90. The molecule has 0 saturated carbocycles. The van der Waals surface area contributed by atoms with Crippen LogP contribution < -0.4 is 11.5 Å². The summed E-state index contributed by atoms with van der Waals surface area (Å²) >= 11 is 0. The Labute approximate surface area is 96.5 Å². The van der Waals surface area contributed by atoms with E-state index in [0.717, 1.165) is 12.8 Å². The molecule has 0 saturated heterocycles. The third kappa shape index (κ3) is 9.11. The van der Waals surface area contributed by atoms with Gasteiger partial charge in [0.15, 0.2) is 0 Å². The second-order valence-corrected chi connectivity index (χ2v) is 4.06. The Balaban J connectivity index is 3.78. The minimum Gasteiger partial charge on any atom is -0.388 e. The Bertz CT molecular complexity index is 234. The summed E-state index contributed by atoms with van der Waals surface area (Å²) < 4.78 is 0. The van der Waals surface area contributed by atoms with Crippen molar-refractivity contribution in [2.24, 2.45) is 21.7 Å². The van der Waals surface area contributed by atoms with Gasteiger partial charge in [-0.15, -0.1) is 0 Å². The van der Waals surface area contributed by atoms with Crippen molar-refractivity contribution >= 4 is 11.7 Å². The molecule has 2 unspecified atom stereocenters. The van der Waals surface area contributed by atoms with Gasteiger partial charge in [-0.3, -0.25) is 10.8 Å². The molecule has 0 fully saturated rings. The molecule has 0 bridgehead atoms. The Morgan fingerprint density at radius 2 is 1.25 bits per heavy atom. The third-order valence-electron chi connectivity index (χ3n) is 2.12. The molecule has 6 N–H and O–H groups in total. The van der Waals surface area contributed by atoms with Gasteiger partial charge in [0.1, 0.15) is 0 Å². The lowest BCUT2D eigenvalue weighted by Gasteiger charge is -2.07. The predicted molar refractivity (Wildman–Crippen MR) is 66.1 cm³/mol. The number of hydrogen-bond acceptors (Lipinski definition) is 4. The lowest BCUT2D eigenvalue weighted by atomic mass is 10.2. The predicted octanol–water partition coefficient (Wildman–Crippen LogP) is 1.65. The molecular weight excluding hydrogens is 204 g/mol. The third-order valence-corrected chi connectivity index (χ3v) is 2.12. The van der Waals surface area contributed by atoms with E-state index in [1.807, 2.05) is 13.8 Å². The summed E-state index contributed by atoms with van der Waals surface area (Å²) in [5.74, 6) is 0.373. The summed E-state index contributed by atoms with van der Waals surface area (Å²) in [7, 11) is 0. The lowest BCUT2D eigenvalue weighted by Crippen LogP contribution is -2.13. The van der Waals surface area contributed by atoms with Crippen LogP contribution in [-0.4, -0.2) is 23.8 Å². The highest BCUT2D eigenvalue weighted by atomic mass is 15.1. The van der Waals surface area contributed by atoms with Gasteiger partial charge in [-0.25, -0.2) is 0 Å². The monoisotopic (exact) mass is 226 g/mol.